The first-order valence-corrected chi connectivity index (χ1v) is 34.0. The molecule has 0 aromatic rings. The number of esters is 3. The van der Waals surface area contributed by atoms with Crippen molar-refractivity contribution in [2.75, 3.05) is 13.2 Å². The van der Waals surface area contributed by atoms with E-state index in [1.54, 1.807) is 0 Å². The lowest BCUT2D eigenvalue weighted by Gasteiger charge is -2.18. The number of hydrogen-bond donors (Lipinski definition) is 0. The average molecular weight is 1150 g/mol. The Labute approximate surface area is 511 Å². The van der Waals surface area contributed by atoms with E-state index in [1.165, 1.54) is 116 Å². The fourth-order valence-corrected chi connectivity index (χ4v) is 9.00. The van der Waals surface area contributed by atoms with E-state index in [4.69, 9.17) is 14.2 Å². The van der Waals surface area contributed by atoms with Crippen molar-refractivity contribution in [3.05, 3.63) is 158 Å². The molecule has 0 aliphatic heterocycles. The predicted molar refractivity (Wildman–Crippen MR) is 362 cm³/mol. The summed E-state index contributed by atoms with van der Waals surface area (Å²) in [5.74, 6) is -1.01. The highest BCUT2D eigenvalue weighted by Gasteiger charge is 2.19. The van der Waals surface area contributed by atoms with Gasteiger partial charge in [-0.15, -0.1) is 0 Å². The molecule has 0 saturated carbocycles. The van der Waals surface area contributed by atoms with Gasteiger partial charge in [0.05, 0.1) is 0 Å². The molecule has 83 heavy (non-hydrogen) atoms. The fraction of sp³-hybridized carbons (Fsp3) is 0.623. The Morgan fingerprint density at radius 2 is 0.494 bits per heavy atom. The minimum atomic E-state index is -0.830. The molecule has 0 spiro atoms. The second kappa shape index (κ2) is 69.5. The number of allylic oxidation sites excluding steroid dienone is 26. The zero-order valence-corrected chi connectivity index (χ0v) is 53.7. The Morgan fingerprint density at radius 1 is 0.253 bits per heavy atom. The zero-order valence-electron chi connectivity index (χ0n) is 53.7. The highest BCUT2D eigenvalue weighted by Crippen LogP contribution is 2.15. The second-order valence-corrected chi connectivity index (χ2v) is 22.0. The van der Waals surface area contributed by atoms with Crippen molar-refractivity contribution in [2.45, 2.75) is 297 Å². The smallest absolute Gasteiger partial charge is 0.306 e. The van der Waals surface area contributed by atoms with E-state index in [9.17, 15) is 14.4 Å². The van der Waals surface area contributed by atoms with Crippen molar-refractivity contribution in [2.24, 2.45) is 0 Å². The molecule has 0 aromatic carbocycles. The lowest BCUT2D eigenvalue weighted by atomic mass is 10.0. The number of carbonyl (C=O) groups is 3. The average Bonchev–Trinajstić information content (AvgIpc) is 3.49. The molecule has 0 bridgehead atoms. The predicted octanol–water partition coefficient (Wildman–Crippen LogP) is 23.7. The van der Waals surface area contributed by atoms with Gasteiger partial charge in [-0.1, -0.05) is 294 Å². The van der Waals surface area contributed by atoms with Crippen molar-refractivity contribution in [1.82, 2.24) is 0 Å². The SMILES string of the molecule is CC/C=C\C/C=C\C/C=C\C/C=C\C/C=C\C/C=C\CCCCCCCCCCCCCCC(=O)OCC(COC(=O)CCCCCCC/C=C\CCCCCCCC)OC(=O)CC/C=C\C/C=C\C/C=C\C/C=C\C/C=C\C/C=C\CC. The molecule has 0 saturated heterocycles. The summed E-state index contributed by atoms with van der Waals surface area (Å²) < 4.78 is 16.9. The maximum Gasteiger partial charge on any atom is 0.306 e. The maximum atomic E-state index is 12.9. The van der Waals surface area contributed by atoms with Gasteiger partial charge >= 0.3 is 17.9 Å². The van der Waals surface area contributed by atoms with Crippen molar-refractivity contribution in [3.63, 3.8) is 0 Å². The highest BCUT2D eigenvalue weighted by molar-refractivity contribution is 5.71. The van der Waals surface area contributed by atoms with Gasteiger partial charge < -0.3 is 14.2 Å². The normalized spacial score (nSPS) is 13.1. The molecule has 0 fully saturated rings. The van der Waals surface area contributed by atoms with Crippen LogP contribution in [0.1, 0.15) is 290 Å². The monoisotopic (exact) mass is 1140 g/mol. The quantitative estimate of drug-likeness (QED) is 0.0261. The fourth-order valence-electron chi connectivity index (χ4n) is 9.00. The van der Waals surface area contributed by atoms with E-state index in [0.717, 1.165) is 128 Å². The van der Waals surface area contributed by atoms with E-state index in [-0.39, 0.29) is 31.6 Å². The van der Waals surface area contributed by atoms with Crippen LogP contribution in [0.25, 0.3) is 0 Å². The first-order chi connectivity index (χ1) is 41.0. The molecule has 0 aliphatic rings. The molecule has 1 atom stereocenters. The first kappa shape index (κ1) is 78.0. The minimum absolute atomic E-state index is 0.116. The Morgan fingerprint density at radius 3 is 0.795 bits per heavy atom. The van der Waals surface area contributed by atoms with Crippen LogP contribution in [0.15, 0.2) is 158 Å². The summed E-state index contributed by atoms with van der Waals surface area (Å²) in [5.41, 5.74) is 0. The molecule has 0 rings (SSSR count). The van der Waals surface area contributed by atoms with Gasteiger partial charge in [0, 0.05) is 19.3 Å². The van der Waals surface area contributed by atoms with Gasteiger partial charge in [-0.2, -0.15) is 0 Å². The van der Waals surface area contributed by atoms with E-state index in [1.807, 2.05) is 6.08 Å². The summed E-state index contributed by atoms with van der Waals surface area (Å²) in [6.07, 6.45) is 101. The standard InChI is InChI=1S/C77H124O6/c1-4-7-10-13-16-19-22-25-28-30-32-33-34-35-36-37-38-39-40-41-42-43-45-46-49-52-55-58-61-64-67-70-76(79)82-73-74(72-81-75(78)69-66-63-60-57-54-51-48-27-24-21-18-15-12-9-6-3)83-77(80)71-68-65-62-59-56-53-50-47-44-31-29-26-23-20-17-14-11-8-5-2/h7-8,10-11,16-17,19-20,25-29,32-33,35-36,38-39,44,47-48,53,56,62,65,74H,4-6,9,12-15,18,21-24,30-31,34,37,40-43,45-46,49-52,54-55,57-61,63-64,66-73H2,1-3H3/b10-7-,11-8-,19-16-,20-17-,28-25-,29-26-,33-32-,36-35-,39-38-,47-44-,48-27-,56-53-,65-62-. The number of unbranched alkanes of at least 4 members (excludes halogenated alkanes) is 23. The van der Waals surface area contributed by atoms with Gasteiger partial charge in [-0.3, -0.25) is 14.4 Å². The summed E-state index contributed by atoms with van der Waals surface area (Å²) in [6.45, 7) is 6.34. The summed E-state index contributed by atoms with van der Waals surface area (Å²) >= 11 is 0. The molecular weight excluding hydrogens is 1020 g/mol. The topological polar surface area (TPSA) is 78.9 Å². The second-order valence-electron chi connectivity index (χ2n) is 22.0. The van der Waals surface area contributed by atoms with Crippen LogP contribution in [-0.2, 0) is 28.6 Å². The molecule has 6 nitrogen and oxygen atoms in total. The van der Waals surface area contributed by atoms with Crippen LogP contribution in [0.4, 0.5) is 0 Å². The summed E-state index contributed by atoms with van der Waals surface area (Å²) in [4.78, 5) is 38.4. The summed E-state index contributed by atoms with van der Waals surface area (Å²) in [7, 11) is 0. The van der Waals surface area contributed by atoms with E-state index in [0.29, 0.717) is 19.3 Å². The van der Waals surface area contributed by atoms with Crippen molar-refractivity contribution in [3.8, 4) is 0 Å². The summed E-state index contributed by atoms with van der Waals surface area (Å²) in [5, 5.41) is 0. The molecule has 6 heteroatoms. The van der Waals surface area contributed by atoms with Crippen LogP contribution in [0.2, 0.25) is 0 Å². The van der Waals surface area contributed by atoms with Crippen LogP contribution in [0, 0.1) is 0 Å². The summed E-state index contributed by atoms with van der Waals surface area (Å²) in [6, 6.07) is 0. The van der Waals surface area contributed by atoms with Crippen LogP contribution in [0.3, 0.4) is 0 Å². The number of carbonyl (C=O) groups excluding carboxylic acids is 3. The molecule has 0 aromatic heterocycles. The Hall–Kier alpha value is -4.97. The maximum absolute atomic E-state index is 12.9. The van der Waals surface area contributed by atoms with Crippen LogP contribution in [-0.4, -0.2) is 37.2 Å². The Balaban J connectivity index is 4.39. The number of ether oxygens (including phenoxy) is 3. The van der Waals surface area contributed by atoms with Crippen molar-refractivity contribution >= 4 is 17.9 Å². The molecule has 0 radical (unpaired) electrons. The molecule has 468 valence electrons. The van der Waals surface area contributed by atoms with Gasteiger partial charge in [-0.25, -0.2) is 0 Å². The van der Waals surface area contributed by atoms with E-state index < -0.39 is 12.1 Å². The number of rotatable bonds is 60. The van der Waals surface area contributed by atoms with Gasteiger partial charge in [0.1, 0.15) is 13.2 Å². The Kier molecular flexibility index (Phi) is 65.4. The van der Waals surface area contributed by atoms with Crippen molar-refractivity contribution in [1.29, 1.82) is 0 Å². The molecule has 0 N–H and O–H groups in total. The number of hydrogen-bond acceptors (Lipinski definition) is 6. The van der Waals surface area contributed by atoms with E-state index >= 15 is 0 Å². The zero-order chi connectivity index (χ0) is 59.9. The molecule has 0 heterocycles. The van der Waals surface area contributed by atoms with E-state index in [2.05, 4.69) is 173 Å². The van der Waals surface area contributed by atoms with Gasteiger partial charge in [0.25, 0.3) is 0 Å². The first-order valence-electron chi connectivity index (χ1n) is 34.0. The highest BCUT2D eigenvalue weighted by atomic mass is 16.6. The molecule has 0 amide bonds. The van der Waals surface area contributed by atoms with Crippen molar-refractivity contribution < 1.29 is 28.6 Å². The lowest BCUT2D eigenvalue weighted by molar-refractivity contribution is -0.166. The lowest BCUT2D eigenvalue weighted by Crippen LogP contribution is -2.30. The molecule has 0 aliphatic carbocycles. The van der Waals surface area contributed by atoms with Crippen LogP contribution in [0.5, 0.6) is 0 Å². The van der Waals surface area contributed by atoms with Gasteiger partial charge in [-0.05, 0) is 135 Å². The van der Waals surface area contributed by atoms with Gasteiger partial charge in [0.2, 0.25) is 0 Å². The molecule has 1 unspecified atom stereocenters. The largest absolute Gasteiger partial charge is 0.462 e. The third-order valence-corrected chi connectivity index (χ3v) is 14.0. The van der Waals surface area contributed by atoms with Crippen LogP contribution >= 0.6 is 0 Å². The third kappa shape index (κ3) is 67.7. The Bertz CT molecular complexity index is 1840. The van der Waals surface area contributed by atoms with Gasteiger partial charge in [0.15, 0.2) is 6.10 Å². The van der Waals surface area contributed by atoms with Crippen LogP contribution < -0.4 is 0 Å². The molecular formula is C77H124O6. The minimum Gasteiger partial charge on any atom is -0.462 e. The third-order valence-electron chi connectivity index (χ3n) is 14.0.